The Labute approximate surface area is 138 Å². The molecule has 0 fully saturated rings. The summed E-state index contributed by atoms with van der Waals surface area (Å²) in [6, 6.07) is 24.4. The van der Waals surface area contributed by atoms with Crippen molar-refractivity contribution in [3.63, 3.8) is 0 Å². The van der Waals surface area contributed by atoms with E-state index in [1.165, 1.54) is 0 Å². The molecule has 0 unspecified atom stereocenters. The van der Waals surface area contributed by atoms with Crippen LogP contribution in [0.4, 0.5) is 0 Å². The fourth-order valence-electron chi connectivity index (χ4n) is 3.11. The molecule has 4 aromatic rings. The van der Waals surface area contributed by atoms with Crippen LogP contribution >= 0.6 is 0 Å². The first-order valence-electron chi connectivity index (χ1n) is 7.83. The number of hydrogen-bond donors (Lipinski definition) is 0. The van der Waals surface area contributed by atoms with Crippen LogP contribution in [0.2, 0.25) is 0 Å². The largest absolute Gasteiger partial charge is 0.454 e. The van der Waals surface area contributed by atoms with E-state index in [9.17, 15) is 0 Å². The summed E-state index contributed by atoms with van der Waals surface area (Å²) in [5.74, 6) is 1.56. The van der Waals surface area contributed by atoms with E-state index in [-0.39, 0.29) is 6.79 Å². The summed E-state index contributed by atoms with van der Waals surface area (Å²) in [7, 11) is 0. The van der Waals surface area contributed by atoms with Crippen molar-refractivity contribution >= 4 is 10.9 Å². The maximum Gasteiger partial charge on any atom is 0.231 e. The number of benzene rings is 3. The van der Waals surface area contributed by atoms with Crippen LogP contribution in [0.3, 0.4) is 0 Å². The lowest BCUT2D eigenvalue weighted by Gasteiger charge is -2.09. The Balaban J connectivity index is 1.80. The molecule has 0 saturated heterocycles. The molecule has 0 saturated carbocycles. The van der Waals surface area contributed by atoms with Gasteiger partial charge < -0.3 is 9.47 Å². The van der Waals surface area contributed by atoms with Crippen molar-refractivity contribution < 1.29 is 9.47 Å². The SMILES string of the molecule is c1ccc(-n2nc3ccccc3c2-c2ccc3c(c2)OCO3)cc1. The molecule has 4 heteroatoms. The number of rotatable bonds is 2. The summed E-state index contributed by atoms with van der Waals surface area (Å²) in [6.45, 7) is 0.275. The first-order chi connectivity index (χ1) is 11.9. The molecular weight excluding hydrogens is 300 g/mol. The second-order valence-electron chi connectivity index (χ2n) is 5.68. The number of nitrogens with zero attached hydrogens (tertiary/aromatic N) is 2. The van der Waals surface area contributed by atoms with Crippen molar-refractivity contribution in [3.05, 3.63) is 72.8 Å². The van der Waals surface area contributed by atoms with Gasteiger partial charge in [0.15, 0.2) is 11.5 Å². The van der Waals surface area contributed by atoms with E-state index >= 15 is 0 Å². The molecule has 0 atom stereocenters. The number of ether oxygens (including phenoxy) is 2. The van der Waals surface area contributed by atoms with Crippen LogP contribution in [0, 0.1) is 0 Å². The van der Waals surface area contributed by atoms with E-state index in [1.807, 2.05) is 53.2 Å². The fraction of sp³-hybridized carbons (Fsp3) is 0.0500. The quantitative estimate of drug-likeness (QED) is 0.549. The number of fused-ring (bicyclic) bond motifs is 2. The van der Waals surface area contributed by atoms with Crippen LogP contribution in [0.1, 0.15) is 0 Å². The second-order valence-corrected chi connectivity index (χ2v) is 5.68. The zero-order valence-electron chi connectivity index (χ0n) is 12.8. The van der Waals surface area contributed by atoms with Crippen LogP contribution < -0.4 is 9.47 Å². The zero-order valence-corrected chi connectivity index (χ0v) is 12.8. The third-order valence-electron chi connectivity index (χ3n) is 4.23. The maximum atomic E-state index is 5.54. The Morgan fingerprint density at radius 2 is 1.58 bits per heavy atom. The molecule has 4 nitrogen and oxygen atoms in total. The topological polar surface area (TPSA) is 36.3 Å². The number of hydrogen-bond acceptors (Lipinski definition) is 3. The predicted octanol–water partition coefficient (Wildman–Crippen LogP) is 4.42. The Hall–Kier alpha value is -3.27. The van der Waals surface area contributed by atoms with Crippen LogP contribution in [0.5, 0.6) is 11.5 Å². The monoisotopic (exact) mass is 314 g/mol. The molecule has 5 rings (SSSR count). The molecular formula is C20H14N2O2. The van der Waals surface area contributed by atoms with Crippen LogP contribution in [0.15, 0.2) is 72.8 Å². The van der Waals surface area contributed by atoms with Crippen LogP contribution in [-0.2, 0) is 0 Å². The number of para-hydroxylation sites is 1. The van der Waals surface area contributed by atoms with E-state index < -0.39 is 0 Å². The van der Waals surface area contributed by atoms with Crippen molar-refractivity contribution in [1.29, 1.82) is 0 Å². The molecule has 1 aliphatic rings. The summed E-state index contributed by atoms with van der Waals surface area (Å²) in [4.78, 5) is 0. The van der Waals surface area contributed by atoms with Crippen molar-refractivity contribution in [1.82, 2.24) is 9.78 Å². The molecule has 0 bridgehead atoms. The molecule has 0 N–H and O–H groups in total. The van der Waals surface area contributed by atoms with Crippen LogP contribution in [-0.4, -0.2) is 16.6 Å². The molecule has 2 heterocycles. The van der Waals surface area contributed by atoms with Gasteiger partial charge in [-0.15, -0.1) is 0 Å². The first kappa shape index (κ1) is 13.2. The van der Waals surface area contributed by atoms with Gasteiger partial charge in [0.25, 0.3) is 0 Å². The first-order valence-corrected chi connectivity index (χ1v) is 7.83. The molecule has 0 aliphatic carbocycles. The highest BCUT2D eigenvalue weighted by Crippen LogP contribution is 2.38. The summed E-state index contributed by atoms with van der Waals surface area (Å²) in [5, 5.41) is 5.91. The Morgan fingerprint density at radius 3 is 2.50 bits per heavy atom. The van der Waals surface area contributed by atoms with Gasteiger partial charge in [0.1, 0.15) is 0 Å². The Kier molecular flexibility index (Phi) is 2.82. The molecule has 0 radical (unpaired) electrons. The average Bonchev–Trinajstić information content (AvgIpc) is 3.26. The summed E-state index contributed by atoms with van der Waals surface area (Å²) < 4.78 is 13.0. The summed E-state index contributed by atoms with van der Waals surface area (Å²) in [6.07, 6.45) is 0. The van der Waals surface area contributed by atoms with Gasteiger partial charge >= 0.3 is 0 Å². The molecule has 0 amide bonds. The van der Waals surface area contributed by atoms with Gasteiger partial charge in [-0.25, -0.2) is 4.68 Å². The average molecular weight is 314 g/mol. The van der Waals surface area contributed by atoms with Crippen molar-refractivity contribution in [2.24, 2.45) is 0 Å². The maximum absolute atomic E-state index is 5.54. The van der Waals surface area contributed by atoms with Gasteiger partial charge in [0, 0.05) is 10.9 Å². The van der Waals surface area contributed by atoms with Crippen molar-refractivity contribution in [2.45, 2.75) is 0 Å². The minimum absolute atomic E-state index is 0.275. The molecule has 0 spiro atoms. The highest BCUT2D eigenvalue weighted by atomic mass is 16.7. The van der Waals surface area contributed by atoms with E-state index in [0.29, 0.717) is 0 Å². The molecule has 24 heavy (non-hydrogen) atoms. The second kappa shape index (κ2) is 5.13. The van der Waals surface area contributed by atoms with E-state index in [2.05, 4.69) is 24.3 Å². The lowest BCUT2D eigenvalue weighted by molar-refractivity contribution is 0.174. The van der Waals surface area contributed by atoms with Gasteiger partial charge in [0.05, 0.1) is 16.9 Å². The highest BCUT2D eigenvalue weighted by molar-refractivity contribution is 5.94. The minimum atomic E-state index is 0.275. The van der Waals surface area contributed by atoms with Crippen molar-refractivity contribution in [2.75, 3.05) is 6.79 Å². The van der Waals surface area contributed by atoms with Crippen molar-refractivity contribution in [3.8, 4) is 28.4 Å². The number of aromatic nitrogens is 2. The lowest BCUT2D eigenvalue weighted by Crippen LogP contribution is -1.98. The molecule has 1 aliphatic heterocycles. The summed E-state index contributed by atoms with van der Waals surface area (Å²) >= 11 is 0. The Morgan fingerprint density at radius 1 is 0.792 bits per heavy atom. The van der Waals surface area contributed by atoms with Gasteiger partial charge in [-0.1, -0.05) is 36.4 Å². The van der Waals surface area contributed by atoms with Crippen LogP contribution in [0.25, 0.3) is 27.8 Å². The smallest absolute Gasteiger partial charge is 0.231 e. The van der Waals surface area contributed by atoms with E-state index in [1.54, 1.807) is 0 Å². The van der Waals surface area contributed by atoms with Gasteiger partial charge in [-0.05, 0) is 36.4 Å². The summed E-state index contributed by atoms with van der Waals surface area (Å²) in [5.41, 5.74) is 4.10. The van der Waals surface area contributed by atoms with Gasteiger partial charge in [-0.2, -0.15) is 5.10 Å². The zero-order chi connectivity index (χ0) is 15.9. The minimum Gasteiger partial charge on any atom is -0.454 e. The molecule has 1 aromatic heterocycles. The lowest BCUT2D eigenvalue weighted by atomic mass is 10.1. The normalized spacial score (nSPS) is 12.7. The standard InChI is InChI=1S/C20H14N2O2/c1-2-6-15(7-3-1)22-20(16-8-4-5-9-17(16)21-22)14-10-11-18-19(12-14)24-13-23-18/h1-12H,13H2. The third-order valence-corrected chi connectivity index (χ3v) is 4.23. The highest BCUT2D eigenvalue weighted by Gasteiger charge is 2.18. The van der Waals surface area contributed by atoms with E-state index in [0.717, 1.165) is 39.3 Å². The fourth-order valence-corrected chi connectivity index (χ4v) is 3.11. The third kappa shape index (κ3) is 1.97. The molecule has 116 valence electrons. The van der Waals surface area contributed by atoms with Gasteiger partial charge in [-0.3, -0.25) is 0 Å². The predicted molar refractivity (Wildman–Crippen MR) is 92.6 cm³/mol. The van der Waals surface area contributed by atoms with Gasteiger partial charge in [0.2, 0.25) is 6.79 Å². The van der Waals surface area contributed by atoms with E-state index in [4.69, 9.17) is 14.6 Å². The molecule has 3 aromatic carbocycles. The Bertz CT molecular complexity index is 1040.